The van der Waals surface area contributed by atoms with Crippen LogP contribution in [0.3, 0.4) is 0 Å². The third-order valence-electron chi connectivity index (χ3n) is 1.12. The Kier molecular flexibility index (Phi) is 7.35. The molecule has 0 atom stereocenters. The maximum atomic E-state index is 10.8. The molecule has 0 aromatic rings. The Morgan fingerprint density at radius 3 is 2.92 bits per heavy atom. The molecule has 0 aliphatic rings. The number of carbonyl (C=O) groups excluding carboxylic acids is 1. The minimum atomic E-state index is -0.325. The first-order valence-electron chi connectivity index (χ1n) is 4.04. The van der Waals surface area contributed by atoms with Gasteiger partial charge in [-0.2, -0.15) is 0 Å². The average molecular weight is 204 g/mol. The molecule has 0 rings (SSSR count). The van der Waals surface area contributed by atoms with Gasteiger partial charge in [0.25, 0.3) is 0 Å². The highest BCUT2D eigenvalue weighted by Gasteiger charge is 1.91. The van der Waals surface area contributed by atoms with Crippen LogP contribution >= 0.6 is 11.6 Å². The molecule has 0 aromatic heterocycles. The van der Waals surface area contributed by atoms with E-state index in [2.05, 4.69) is 16.6 Å². The van der Waals surface area contributed by atoms with Crippen molar-refractivity contribution in [2.24, 2.45) is 0 Å². The maximum absolute atomic E-state index is 10.8. The number of nitrogens with one attached hydrogen (secondary N) is 1. The van der Waals surface area contributed by atoms with Gasteiger partial charge >= 0.3 is 5.97 Å². The van der Waals surface area contributed by atoms with Crippen molar-refractivity contribution in [1.29, 1.82) is 0 Å². The van der Waals surface area contributed by atoms with Gasteiger partial charge in [-0.3, -0.25) is 0 Å². The third kappa shape index (κ3) is 9.11. The van der Waals surface area contributed by atoms with E-state index in [0.717, 1.165) is 0 Å². The lowest BCUT2D eigenvalue weighted by Crippen LogP contribution is -2.15. The van der Waals surface area contributed by atoms with Gasteiger partial charge < -0.3 is 10.1 Å². The lowest BCUT2D eigenvalue weighted by molar-refractivity contribution is -0.137. The number of hydrogen-bond donors (Lipinski definition) is 1. The molecule has 0 saturated carbocycles. The first kappa shape index (κ1) is 12.2. The van der Waals surface area contributed by atoms with Gasteiger partial charge in [-0.05, 0) is 6.92 Å². The first-order chi connectivity index (χ1) is 6.16. The van der Waals surface area contributed by atoms with Crippen LogP contribution in [0.1, 0.15) is 6.92 Å². The zero-order valence-electron chi connectivity index (χ0n) is 7.68. The largest absolute Gasteiger partial charge is 0.463 e. The van der Waals surface area contributed by atoms with Gasteiger partial charge in [-0.25, -0.2) is 4.79 Å². The van der Waals surface area contributed by atoms with E-state index in [1.165, 1.54) is 6.08 Å². The maximum Gasteiger partial charge on any atom is 0.330 e. The van der Waals surface area contributed by atoms with Crippen LogP contribution in [0, 0.1) is 0 Å². The molecule has 0 unspecified atom stereocenters. The first-order valence-corrected chi connectivity index (χ1v) is 4.42. The molecule has 0 aromatic carbocycles. The fourth-order valence-electron chi connectivity index (χ4n) is 0.637. The molecule has 4 heteroatoms. The summed E-state index contributed by atoms with van der Waals surface area (Å²) in [5, 5.41) is 3.50. The monoisotopic (exact) mass is 203 g/mol. The predicted octanol–water partition coefficient (Wildman–Crippen LogP) is 1.45. The van der Waals surface area contributed by atoms with E-state index < -0.39 is 0 Å². The van der Waals surface area contributed by atoms with Crippen molar-refractivity contribution >= 4 is 17.6 Å². The van der Waals surface area contributed by atoms with Crippen LogP contribution in [-0.2, 0) is 9.53 Å². The van der Waals surface area contributed by atoms with E-state index in [1.807, 2.05) is 0 Å². The molecule has 13 heavy (non-hydrogen) atoms. The molecule has 0 bridgehead atoms. The summed E-state index contributed by atoms with van der Waals surface area (Å²) in [7, 11) is 0. The van der Waals surface area contributed by atoms with Crippen molar-refractivity contribution in [2.75, 3.05) is 19.7 Å². The van der Waals surface area contributed by atoms with Crippen LogP contribution in [0.5, 0.6) is 0 Å². The predicted molar refractivity (Wildman–Crippen MR) is 53.6 cm³/mol. The van der Waals surface area contributed by atoms with E-state index in [1.54, 1.807) is 13.0 Å². The number of carbonyl (C=O) groups is 1. The highest BCUT2D eigenvalue weighted by Crippen LogP contribution is 1.91. The van der Waals surface area contributed by atoms with E-state index in [0.29, 0.717) is 24.7 Å². The van der Waals surface area contributed by atoms with Crippen LogP contribution in [0.2, 0.25) is 0 Å². The van der Waals surface area contributed by atoms with E-state index in [9.17, 15) is 4.79 Å². The highest BCUT2D eigenvalue weighted by molar-refractivity contribution is 6.29. The van der Waals surface area contributed by atoms with Gasteiger partial charge in [-0.15, -0.1) is 0 Å². The molecule has 0 fully saturated rings. The van der Waals surface area contributed by atoms with Crippen LogP contribution in [0.4, 0.5) is 0 Å². The molecule has 0 aliphatic heterocycles. The fourth-order valence-corrected chi connectivity index (χ4v) is 0.731. The number of ether oxygens (including phenoxy) is 1. The smallest absolute Gasteiger partial charge is 0.330 e. The van der Waals surface area contributed by atoms with Crippen molar-refractivity contribution in [3.63, 3.8) is 0 Å². The fraction of sp³-hybridized carbons (Fsp3) is 0.444. The summed E-state index contributed by atoms with van der Waals surface area (Å²) in [6.07, 6.45) is 3.06. The Balaban J connectivity index is 3.40. The molecular weight excluding hydrogens is 190 g/mol. The number of esters is 1. The Bertz CT molecular complexity index is 202. The van der Waals surface area contributed by atoms with Gasteiger partial charge in [-0.1, -0.05) is 24.3 Å². The van der Waals surface area contributed by atoms with Gasteiger partial charge in [0, 0.05) is 24.2 Å². The molecule has 0 radical (unpaired) electrons. The van der Waals surface area contributed by atoms with Crippen molar-refractivity contribution < 1.29 is 9.53 Å². The van der Waals surface area contributed by atoms with E-state index in [4.69, 9.17) is 11.6 Å². The average Bonchev–Trinajstić information content (AvgIpc) is 2.03. The van der Waals surface area contributed by atoms with Crippen molar-refractivity contribution in [3.05, 3.63) is 23.8 Å². The van der Waals surface area contributed by atoms with Crippen LogP contribution in [0.25, 0.3) is 0 Å². The summed E-state index contributed by atoms with van der Waals surface area (Å²) < 4.78 is 4.67. The second-order valence-corrected chi connectivity index (χ2v) is 2.84. The molecule has 74 valence electrons. The standard InChI is InChI=1S/C9H14ClNO2/c1-3-13-9(12)5-4-6-11-7-8(2)10/h4-5,11H,2-3,6-7H2,1H3/b5-4+. The van der Waals surface area contributed by atoms with Gasteiger partial charge in [0.2, 0.25) is 0 Å². The second kappa shape index (κ2) is 7.83. The summed E-state index contributed by atoms with van der Waals surface area (Å²) in [5.41, 5.74) is 0. The molecule has 0 heterocycles. The number of rotatable bonds is 6. The molecule has 1 N–H and O–H groups in total. The summed E-state index contributed by atoms with van der Waals surface area (Å²) in [6.45, 7) is 6.78. The molecule has 0 amide bonds. The zero-order valence-corrected chi connectivity index (χ0v) is 8.43. The van der Waals surface area contributed by atoms with Gasteiger partial charge in [0.15, 0.2) is 0 Å². The van der Waals surface area contributed by atoms with Gasteiger partial charge in [0.05, 0.1) is 6.61 Å². The second-order valence-electron chi connectivity index (χ2n) is 2.30. The highest BCUT2D eigenvalue weighted by atomic mass is 35.5. The Morgan fingerprint density at radius 2 is 2.38 bits per heavy atom. The van der Waals surface area contributed by atoms with Crippen LogP contribution in [0.15, 0.2) is 23.8 Å². The number of hydrogen-bond acceptors (Lipinski definition) is 3. The Labute approximate surface area is 83.4 Å². The Morgan fingerprint density at radius 1 is 1.69 bits per heavy atom. The molecular formula is C9H14ClNO2. The lowest BCUT2D eigenvalue weighted by Gasteiger charge is -1.97. The lowest BCUT2D eigenvalue weighted by atomic mass is 10.4. The SMILES string of the molecule is C=C(Cl)CNC/C=C/C(=O)OCC. The minimum absolute atomic E-state index is 0.325. The molecule has 0 aliphatic carbocycles. The van der Waals surface area contributed by atoms with Crippen molar-refractivity contribution in [3.8, 4) is 0 Å². The van der Waals surface area contributed by atoms with E-state index in [-0.39, 0.29) is 5.97 Å². The quantitative estimate of drug-likeness (QED) is 0.404. The summed E-state index contributed by atoms with van der Waals surface area (Å²) in [5.74, 6) is -0.325. The normalized spacial score (nSPS) is 10.3. The Hall–Kier alpha value is -0.800. The molecule has 0 saturated heterocycles. The summed E-state index contributed by atoms with van der Waals surface area (Å²) in [4.78, 5) is 10.8. The summed E-state index contributed by atoms with van der Waals surface area (Å²) >= 11 is 5.50. The summed E-state index contributed by atoms with van der Waals surface area (Å²) in [6, 6.07) is 0. The minimum Gasteiger partial charge on any atom is -0.463 e. The molecule has 3 nitrogen and oxygen atoms in total. The van der Waals surface area contributed by atoms with Crippen molar-refractivity contribution in [2.45, 2.75) is 6.92 Å². The van der Waals surface area contributed by atoms with Crippen LogP contribution in [-0.4, -0.2) is 25.7 Å². The van der Waals surface area contributed by atoms with Gasteiger partial charge in [0.1, 0.15) is 0 Å². The topological polar surface area (TPSA) is 38.3 Å². The third-order valence-corrected chi connectivity index (χ3v) is 1.25. The zero-order chi connectivity index (χ0) is 10.1. The van der Waals surface area contributed by atoms with Crippen molar-refractivity contribution in [1.82, 2.24) is 5.32 Å². The number of halogens is 1. The van der Waals surface area contributed by atoms with E-state index >= 15 is 0 Å². The van der Waals surface area contributed by atoms with Crippen LogP contribution < -0.4 is 5.32 Å². The molecule has 0 spiro atoms.